The largest absolute Gasteiger partial charge is 0.0622 e. The molecule has 52 valence electrons. The van der Waals surface area contributed by atoms with Gasteiger partial charge in [-0.05, 0) is 44.0 Å². The fraction of sp³-hybridized carbons (Fsp3) is 0. The second-order valence-corrected chi connectivity index (χ2v) is 3.51. The zero-order valence-corrected chi connectivity index (χ0v) is 8.39. The maximum atomic E-state index is 3.40. The summed E-state index contributed by atoms with van der Waals surface area (Å²) in [7, 11) is 0. The molecule has 0 nitrogen and oxygen atoms in total. The Bertz CT molecular complexity index is 208. The van der Waals surface area contributed by atoms with E-state index in [0.29, 0.717) is 0 Å². The lowest BCUT2D eigenvalue weighted by Crippen LogP contribution is -1.69. The Morgan fingerprint density at radius 2 is 1.10 bits per heavy atom. The molecule has 0 aliphatic heterocycles. The Morgan fingerprint density at radius 3 is 1.50 bits per heavy atom. The van der Waals surface area contributed by atoms with E-state index in [-0.39, 0.29) is 0 Å². The number of hydrogen-bond acceptors (Lipinski definition) is 0. The number of rotatable bonds is 0. The third-order valence-electron chi connectivity index (χ3n) is 1.05. The topological polar surface area (TPSA) is 0 Å². The van der Waals surface area contributed by atoms with Gasteiger partial charge in [0.05, 0.1) is 0 Å². The summed E-state index contributed by atoms with van der Waals surface area (Å²) in [5.41, 5.74) is 0. The molecule has 1 aliphatic carbocycles. The van der Waals surface area contributed by atoms with E-state index >= 15 is 0 Å². The van der Waals surface area contributed by atoms with Gasteiger partial charge in [-0.2, -0.15) is 0 Å². The van der Waals surface area contributed by atoms with Crippen molar-refractivity contribution in [1.29, 1.82) is 0 Å². The molecule has 0 heterocycles. The molecule has 0 N–H and O–H groups in total. The molecule has 0 aromatic heterocycles. The third kappa shape index (κ3) is 2.27. The van der Waals surface area contributed by atoms with Crippen LogP contribution in [-0.2, 0) is 0 Å². The van der Waals surface area contributed by atoms with Crippen LogP contribution in [0.4, 0.5) is 0 Å². The summed E-state index contributed by atoms with van der Waals surface area (Å²) in [6.45, 7) is 0. The van der Waals surface area contributed by atoms with Gasteiger partial charge in [0.25, 0.3) is 0 Å². The first-order valence-electron chi connectivity index (χ1n) is 2.87. The highest BCUT2D eigenvalue weighted by Crippen LogP contribution is 2.21. The van der Waals surface area contributed by atoms with Crippen molar-refractivity contribution in [3.05, 3.63) is 45.4 Å². The second kappa shape index (κ2) is 3.94. The van der Waals surface area contributed by atoms with Gasteiger partial charge in [0.15, 0.2) is 0 Å². The average Bonchev–Trinajstić information content (AvgIpc) is 1.92. The van der Waals surface area contributed by atoms with E-state index in [2.05, 4.69) is 31.9 Å². The smallest absolute Gasteiger partial charge is 0.0317 e. The van der Waals surface area contributed by atoms with E-state index in [4.69, 9.17) is 0 Å². The Morgan fingerprint density at radius 1 is 0.700 bits per heavy atom. The molecule has 0 saturated heterocycles. The fourth-order valence-electron chi connectivity index (χ4n) is 0.568. The lowest BCUT2D eigenvalue weighted by Gasteiger charge is -1.93. The summed E-state index contributed by atoms with van der Waals surface area (Å²) in [4.78, 5) is 0. The normalized spacial score (nSPS) is 34.2. The van der Waals surface area contributed by atoms with Crippen LogP contribution in [0.5, 0.6) is 0 Å². The second-order valence-electron chi connectivity index (χ2n) is 1.80. The standard InChI is InChI=1S/C8H6Br2/c9-7-5-3-1-2-4-6-8(7)10/h1-6H/b2-1-,3-1?,4-2?,5-3-,6-4-,7-5?,8-6?,8-7-. The van der Waals surface area contributed by atoms with Crippen molar-refractivity contribution in [2.24, 2.45) is 0 Å². The summed E-state index contributed by atoms with van der Waals surface area (Å²) in [5, 5.41) is 0. The van der Waals surface area contributed by atoms with Gasteiger partial charge in [0.1, 0.15) is 0 Å². The highest BCUT2D eigenvalue weighted by atomic mass is 79.9. The number of halogens is 2. The molecule has 0 bridgehead atoms. The van der Waals surface area contributed by atoms with Crippen molar-refractivity contribution in [3.63, 3.8) is 0 Å². The van der Waals surface area contributed by atoms with Crippen molar-refractivity contribution in [2.45, 2.75) is 0 Å². The lowest BCUT2D eigenvalue weighted by molar-refractivity contribution is 1.77. The van der Waals surface area contributed by atoms with Crippen LogP contribution < -0.4 is 0 Å². The Kier molecular flexibility index (Phi) is 3.16. The maximum absolute atomic E-state index is 3.40. The summed E-state index contributed by atoms with van der Waals surface area (Å²) in [6.07, 6.45) is 11.9. The van der Waals surface area contributed by atoms with E-state index in [1.165, 1.54) is 0 Å². The molecule has 0 radical (unpaired) electrons. The lowest BCUT2D eigenvalue weighted by atomic mass is 10.3. The van der Waals surface area contributed by atoms with E-state index in [9.17, 15) is 0 Å². The van der Waals surface area contributed by atoms with Crippen molar-refractivity contribution in [2.75, 3.05) is 0 Å². The molecule has 0 amide bonds. The Labute approximate surface area is 77.3 Å². The van der Waals surface area contributed by atoms with Crippen LogP contribution >= 0.6 is 31.9 Å². The van der Waals surface area contributed by atoms with Gasteiger partial charge >= 0.3 is 0 Å². The van der Waals surface area contributed by atoms with Crippen molar-refractivity contribution >= 4 is 31.9 Å². The Hall–Kier alpha value is -0.0800. The van der Waals surface area contributed by atoms with Crippen molar-refractivity contribution in [3.8, 4) is 0 Å². The first-order chi connectivity index (χ1) is 4.80. The molecule has 2 heteroatoms. The highest BCUT2D eigenvalue weighted by Gasteiger charge is 1.91. The molecule has 0 aromatic carbocycles. The highest BCUT2D eigenvalue weighted by molar-refractivity contribution is 9.14. The van der Waals surface area contributed by atoms with Crippen LogP contribution in [0.3, 0.4) is 0 Å². The van der Waals surface area contributed by atoms with Crippen molar-refractivity contribution in [1.82, 2.24) is 0 Å². The number of hydrogen-bond donors (Lipinski definition) is 0. The first-order valence-corrected chi connectivity index (χ1v) is 4.46. The fourth-order valence-corrected chi connectivity index (χ4v) is 1.14. The minimum atomic E-state index is 1.06. The molecule has 0 atom stereocenters. The first kappa shape index (κ1) is 8.02. The van der Waals surface area contributed by atoms with Crippen LogP contribution in [0.15, 0.2) is 45.4 Å². The molecule has 0 unspecified atom stereocenters. The number of allylic oxidation sites excluding steroid dienone is 8. The molecule has 0 saturated carbocycles. The van der Waals surface area contributed by atoms with E-state index in [1.54, 1.807) is 0 Å². The SMILES string of the molecule is BrC1=C(Br)/C=C\C=C/C=C\1. The van der Waals surface area contributed by atoms with Gasteiger partial charge in [-0.25, -0.2) is 0 Å². The minimum Gasteiger partial charge on any atom is -0.0622 e. The predicted molar refractivity (Wildman–Crippen MR) is 52.3 cm³/mol. The van der Waals surface area contributed by atoms with Crippen LogP contribution in [0.1, 0.15) is 0 Å². The van der Waals surface area contributed by atoms with Crippen LogP contribution in [-0.4, -0.2) is 0 Å². The molecule has 10 heavy (non-hydrogen) atoms. The molecule has 0 spiro atoms. The minimum absolute atomic E-state index is 1.06. The van der Waals surface area contributed by atoms with E-state index in [1.807, 2.05) is 36.5 Å². The van der Waals surface area contributed by atoms with E-state index in [0.717, 1.165) is 8.96 Å². The summed E-state index contributed by atoms with van der Waals surface area (Å²) >= 11 is 6.80. The van der Waals surface area contributed by atoms with E-state index < -0.39 is 0 Å². The molecule has 1 rings (SSSR count). The van der Waals surface area contributed by atoms with Gasteiger partial charge in [-0.1, -0.05) is 24.3 Å². The van der Waals surface area contributed by atoms with Gasteiger partial charge in [-0.15, -0.1) is 0 Å². The maximum Gasteiger partial charge on any atom is 0.0317 e. The monoisotopic (exact) mass is 260 g/mol. The molecule has 0 aromatic rings. The van der Waals surface area contributed by atoms with Crippen LogP contribution in [0, 0.1) is 0 Å². The van der Waals surface area contributed by atoms with Gasteiger partial charge in [-0.3, -0.25) is 0 Å². The summed E-state index contributed by atoms with van der Waals surface area (Å²) in [6, 6.07) is 0. The van der Waals surface area contributed by atoms with Crippen LogP contribution in [0.25, 0.3) is 0 Å². The Balaban J connectivity index is 2.93. The molecule has 0 fully saturated rings. The van der Waals surface area contributed by atoms with Crippen molar-refractivity contribution < 1.29 is 0 Å². The van der Waals surface area contributed by atoms with Gasteiger partial charge in [0, 0.05) is 8.96 Å². The molecular formula is C8H6Br2. The average molecular weight is 262 g/mol. The summed E-state index contributed by atoms with van der Waals surface area (Å²) in [5.74, 6) is 0. The zero-order chi connectivity index (χ0) is 7.40. The molecule has 1 aliphatic rings. The third-order valence-corrected chi connectivity index (χ3v) is 2.96. The van der Waals surface area contributed by atoms with Crippen LogP contribution in [0.2, 0.25) is 0 Å². The molecular weight excluding hydrogens is 256 g/mol. The summed E-state index contributed by atoms with van der Waals surface area (Å²) < 4.78 is 2.13. The predicted octanol–water partition coefficient (Wildman–Crippen LogP) is 3.67. The zero-order valence-electron chi connectivity index (χ0n) is 5.22. The quantitative estimate of drug-likeness (QED) is 0.624. The van der Waals surface area contributed by atoms with Gasteiger partial charge in [0.2, 0.25) is 0 Å². The van der Waals surface area contributed by atoms with Gasteiger partial charge < -0.3 is 0 Å².